The molecule has 122 valence electrons. The minimum Gasteiger partial charge on any atom is -0.355 e. The number of nitrogens with one attached hydrogen (secondary N) is 3. The van der Waals surface area contributed by atoms with Crippen LogP contribution in [0.3, 0.4) is 0 Å². The number of carbonyl (C=O) groups excluding carboxylic acids is 2. The molecule has 0 aliphatic rings. The Balaban J connectivity index is 2.53. The molecular weight excluding hydrogens is 304 g/mol. The summed E-state index contributed by atoms with van der Waals surface area (Å²) in [4.78, 5) is 41.7. The van der Waals surface area contributed by atoms with Gasteiger partial charge in [-0.3, -0.25) is 14.4 Å². The van der Waals surface area contributed by atoms with Gasteiger partial charge in [0.1, 0.15) is 6.04 Å². The van der Waals surface area contributed by atoms with Crippen molar-refractivity contribution in [2.24, 2.45) is 0 Å². The van der Waals surface area contributed by atoms with Gasteiger partial charge < -0.3 is 15.6 Å². The highest BCUT2D eigenvalue weighted by molar-refractivity contribution is 7.99. The van der Waals surface area contributed by atoms with Crippen LogP contribution < -0.4 is 16.2 Å². The zero-order chi connectivity index (χ0) is 16.5. The Morgan fingerprint density at radius 3 is 2.77 bits per heavy atom. The van der Waals surface area contributed by atoms with E-state index in [1.807, 2.05) is 13.8 Å². The number of amides is 2. The number of aromatic amines is 1. The Labute approximate surface area is 133 Å². The maximum Gasteiger partial charge on any atom is 0.251 e. The number of hydrogen-bond donors (Lipinski definition) is 3. The first-order valence-corrected chi connectivity index (χ1v) is 8.24. The van der Waals surface area contributed by atoms with E-state index < -0.39 is 6.04 Å². The van der Waals surface area contributed by atoms with Gasteiger partial charge in [0.05, 0.1) is 5.75 Å². The molecule has 2 amide bonds. The number of hydrogen-bond acceptors (Lipinski definition) is 5. The van der Waals surface area contributed by atoms with Crippen LogP contribution in [-0.2, 0) is 16.0 Å². The van der Waals surface area contributed by atoms with Crippen LogP contribution in [0.25, 0.3) is 0 Å². The molecule has 1 aromatic heterocycles. The Hall–Kier alpha value is -1.83. The molecule has 0 unspecified atom stereocenters. The van der Waals surface area contributed by atoms with E-state index in [-0.39, 0.29) is 23.1 Å². The number of thioether (sulfide) groups is 1. The van der Waals surface area contributed by atoms with Crippen LogP contribution in [0.5, 0.6) is 0 Å². The first-order valence-electron chi connectivity index (χ1n) is 7.26. The molecule has 22 heavy (non-hydrogen) atoms. The Kier molecular flexibility index (Phi) is 7.65. The predicted octanol–water partition coefficient (Wildman–Crippen LogP) is 0.455. The monoisotopic (exact) mass is 326 g/mol. The number of H-pyrrole nitrogens is 1. The summed E-state index contributed by atoms with van der Waals surface area (Å²) in [5.41, 5.74) is 0.488. The molecule has 0 fully saturated rings. The second-order valence-electron chi connectivity index (χ2n) is 4.76. The second kappa shape index (κ2) is 9.24. The summed E-state index contributed by atoms with van der Waals surface area (Å²) in [5, 5.41) is 5.64. The van der Waals surface area contributed by atoms with Crippen molar-refractivity contribution in [2.75, 3.05) is 12.3 Å². The van der Waals surface area contributed by atoms with Crippen molar-refractivity contribution in [3.05, 3.63) is 22.1 Å². The number of rotatable bonds is 8. The number of aryl methyl sites for hydroxylation is 1. The van der Waals surface area contributed by atoms with Gasteiger partial charge in [0.25, 0.3) is 5.56 Å². The fourth-order valence-corrected chi connectivity index (χ4v) is 2.45. The minimum atomic E-state index is -0.591. The molecule has 0 spiro atoms. The van der Waals surface area contributed by atoms with E-state index in [0.29, 0.717) is 17.4 Å². The van der Waals surface area contributed by atoms with E-state index >= 15 is 0 Å². The van der Waals surface area contributed by atoms with Crippen LogP contribution in [0.1, 0.15) is 32.9 Å². The van der Waals surface area contributed by atoms with Crippen molar-refractivity contribution in [1.82, 2.24) is 20.6 Å². The molecule has 0 radical (unpaired) electrons. The van der Waals surface area contributed by atoms with Crippen molar-refractivity contribution < 1.29 is 9.59 Å². The molecule has 1 aromatic rings. The number of nitrogens with zero attached hydrogens (tertiary/aromatic N) is 1. The van der Waals surface area contributed by atoms with E-state index in [1.165, 1.54) is 6.07 Å². The molecule has 3 N–H and O–H groups in total. The molecule has 1 atom stereocenters. The Morgan fingerprint density at radius 1 is 1.41 bits per heavy atom. The lowest BCUT2D eigenvalue weighted by atomic mass is 10.2. The summed E-state index contributed by atoms with van der Waals surface area (Å²) in [6, 6.07) is 0.872. The molecule has 0 saturated carbocycles. The summed E-state index contributed by atoms with van der Waals surface area (Å²) in [6.07, 6.45) is 1.61. The van der Waals surface area contributed by atoms with E-state index in [1.54, 1.807) is 6.92 Å². The van der Waals surface area contributed by atoms with E-state index in [0.717, 1.165) is 24.6 Å². The quantitative estimate of drug-likeness (QED) is 0.475. The molecular formula is C14H22N4O3S. The summed E-state index contributed by atoms with van der Waals surface area (Å²) >= 11 is 1.14. The largest absolute Gasteiger partial charge is 0.355 e. The third kappa shape index (κ3) is 6.30. The van der Waals surface area contributed by atoms with Crippen LogP contribution in [0.4, 0.5) is 0 Å². The zero-order valence-corrected chi connectivity index (χ0v) is 13.9. The van der Waals surface area contributed by atoms with Crippen LogP contribution >= 0.6 is 11.8 Å². The van der Waals surface area contributed by atoms with Crippen LogP contribution in [0, 0.1) is 0 Å². The van der Waals surface area contributed by atoms with E-state index in [9.17, 15) is 14.4 Å². The normalized spacial score (nSPS) is 11.8. The standard InChI is InChI=1S/C14H22N4O3S/c1-4-6-10-7-11(19)18-14(17-10)22-8-12(20)16-9(3)13(21)15-5-2/h7,9H,4-6,8H2,1-3H3,(H,15,21)(H,16,20)(H,17,18,19)/t9-/m1/s1. The second-order valence-corrected chi connectivity index (χ2v) is 5.73. The van der Waals surface area contributed by atoms with Crippen molar-refractivity contribution in [1.29, 1.82) is 0 Å². The number of carbonyl (C=O) groups is 2. The van der Waals surface area contributed by atoms with Crippen molar-refractivity contribution in [3.8, 4) is 0 Å². The smallest absolute Gasteiger partial charge is 0.251 e. The van der Waals surface area contributed by atoms with Gasteiger partial charge in [0.15, 0.2) is 5.16 Å². The zero-order valence-electron chi connectivity index (χ0n) is 13.1. The minimum absolute atomic E-state index is 0.0856. The molecule has 1 heterocycles. The maximum absolute atomic E-state index is 11.8. The highest BCUT2D eigenvalue weighted by Gasteiger charge is 2.15. The predicted molar refractivity (Wildman–Crippen MR) is 85.9 cm³/mol. The van der Waals surface area contributed by atoms with E-state index in [4.69, 9.17) is 0 Å². The molecule has 0 bridgehead atoms. The average molecular weight is 326 g/mol. The lowest BCUT2D eigenvalue weighted by Gasteiger charge is -2.13. The maximum atomic E-state index is 11.8. The Morgan fingerprint density at radius 2 is 2.14 bits per heavy atom. The molecule has 0 aliphatic heterocycles. The van der Waals surface area contributed by atoms with Crippen LogP contribution in [0.2, 0.25) is 0 Å². The van der Waals surface area contributed by atoms with Crippen molar-refractivity contribution in [3.63, 3.8) is 0 Å². The SMILES string of the molecule is CCCc1cc(=O)[nH]c(SCC(=O)N[C@H](C)C(=O)NCC)n1. The van der Waals surface area contributed by atoms with Gasteiger partial charge in [0, 0.05) is 18.3 Å². The summed E-state index contributed by atoms with van der Waals surface area (Å²) in [6.45, 7) is 5.96. The van der Waals surface area contributed by atoms with Gasteiger partial charge in [-0.25, -0.2) is 4.98 Å². The first-order chi connectivity index (χ1) is 10.5. The summed E-state index contributed by atoms with van der Waals surface area (Å²) in [7, 11) is 0. The van der Waals surface area contributed by atoms with Gasteiger partial charge in [0.2, 0.25) is 11.8 Å². The van der Waals surface area contributed by atoms with Gasteiger partial charge in [-0.1, -0.05) is 25.1 Å². The molecule has 8 heteroatoms. The first kappa shape index (κ1) is 18.2. The van der Waals surface area contributed by atoms with Gasteiger partial charge >= 0.3 is 0 Å². The van der Waals surface area contributed by atoms with Gasteiger partial charge in [-0.05, 0) is 20.3 Å². The fraction of sp³-hybridized carbons (Fsp3) is 0.571. The summed E-state index contributed by atoms with van der Waals surface area (Å²) in [5.74, 6) is -0.424. The lowest BCUT2D eigenvalue weighted by molar-refractivity contribution is -0.127. The third-order valence-corrected chi connectivity index (χ3v) is 3.61. The highest BCUT2D eigenvalue weighted by atomic mass is 32.2. The topological polar surface area (TPSA) is 104 Å². The lowest BCUT2D eigenvalue weighted by Crippen LogP contribution is -2.45. The fourth-order valence-electron chi connectivity index (χ4n) is 1.75. The van der Waals surface area contributed by atoms with Crippen LogP contribution in [-0.4, -0.2) is 40.1 Å². The molecule has 0 aliphatic carbocycles. The highest BCUT2D eigenvalue weighted by Crippen LogP contribution is 2.11. The molecule has 0 saturated heterocycles. The van der Waals surface area contributed by atoms with Crippen molar-refractivity contribution >= 4 is 23.6 Å². The van der Waals surface area contributed by atoms with Gasteiger partial charge in [-0.2, -0.15) is 0 Å². The van der Waals surface area contributed by atoms with Crippen molar-refractivity contribution in [2.45, 2.75) is 44.8 Å². The molecule has 7 nitrogen and oxygen atoms in total. The third-order valence-electron chi connectivity index (χ3n) is 2.74. The van der Waals surface area contributed by atoms with Gasteiger partial charge in [-0.15, -0.1) is 0 Å². The number of likely N-dealkylation sites (N-methyl/N-ethyl adjacent to an activating group) is 1. The molecule has 1 rings (SSSR count). The van der Waals surface area contributed by atoms with Crippen LogP contribution in [0.15, 0.2) is 16.0 Å². The van der Waals surface area contributed by atoms with E-state index in [2.05, 4.69) is 20.6 Å². The molecule has 0 aromatic carbocycles. The average Bonchev–Trinajstić information content (AvgIpc) is 2.45. The Bertz CT molecular complexity index is 573. The summed E-state index contributed by atoms with van der Waals surface area (Å²) < 4.78 is 0. The number of aromatic nitrogens is 2.